The first-order chi connectivity index (χ1) is 8.41. The highest BCUT2D eigenvalue weighted by molar-refractivity contribution is 5.92. The van der Waals surface area contributed by atoms with Crippen molar-refractivity contribution in [1.29, 1.82) is 0 Å². The van der Waals surface area contributed by atoms with Crippen molar-refractivity contribution in [2.75, 3.05) is 0 Å². The summed E-state index contributed by atoms with van der Waals surface area (Å²) >= 11 is 0. The van der Waals surface area contributed by atoms with Crippen LogP contribution in [0, 0.1) is 5.92 Å². The topological polar surface area (TPSA) is 98.2 Å². The van der Waals surface area contributed by atoms with Crippen LogP contribution >= 0.6 is 12.4 Å². The van der Waals surface area contributed by atoms with Gasteiger partial charge in [-0.25, -0.2) is 0 Å². The predicted molar refractivity (Wildman–Crippen MR) is 76.9 cm³/mol. The first kappa shape index (κ1) is 17.4. The largest absolute Gasteiger partial charge is 0.366 e. The third-order valence-corrected chi connectivity index (χ3v) is 2.73. The minimum absolute atomic E-state index is 0. The van der Waals surface area contributed by atoms with E-state index in [1.165, 1.54) is 0 Å². The quantitative estimate of drug-likeness (QED) is 0.746. The van der Waals surface area contributed by atoms with Crippen molar-refractivity contribution in [3.05, 3.63) is 35.4 Å². The number of nitrogens with two attached hydrogens (primary N) is 2. The average molecular weight is 286 g/mol. The lowest BCUT2D eigenvalue weighted by Gasteiger charge is -2.15. The number of nitrogens with one attached hydrogen (secondary N) is 1. The highest BCUT2D eigenvalue weighted by Crippen LogP contribution is 2.04. The summed E-state index contributed by atoms with van der Waals surface area (Å²) in [5.41, 5.74) is 12.2. The Bertz CT molecular complexity index is 432. The molecular formula is C13H20ClN3O2. The summed E-state index contributed by atoms with van der Waals surface area (Å²) in [6.45, 7) is 4.18. The van der Waals surface area contributed by atoms with Crippen LogP contribution in [0.2, 0.25) is 0 Å². The van der Waals surface area contributed by atoms with E-state index in [0.717, 1.165) is 5.56 Å². The number of amides is 2. The molecule has 0 aliphatic carbocycles. The van der Waals surface area contributed by atoms with Gasteiger partial charge in [0.1, 0.15) is 0 Å². The fourth-order valence-corrected chi connectivity index (χ4v) is 1.40. The molecule has 0 heterocycles. The molecule has 5 nitrogen and oxygen atoms in total. The number of hydrogen-bond donors (Lipinski definition) is 3. The highest BCUT2D eigenvalue weighted by atomic mass is 35.5. The lowest BCUT2D eigenvalue weighted by Crippen LogP contribution is -2.43. The number of primary amides is 1. The number of halogens is 1. The zero-order valence-corrected chi connectivity index (χ0v) is 11.9. The molecule has 19 heavy (non-hydrogen) atoms. The van der Waals surface area contributed by atoms with Crippen LogP contribution in [0.1, 0.15) is 29.8 Å². The van der Waals surface area contributed by atoms with Crippen molar-refractivity contribution < 1.29 is 9.59 Å². The number of carbonyl (C=O) groups is 2. The van der Waals surface area contributed by atoms with Gasteiger partial charge in [0, 0.05) is 12.1 Å². The maximum Gasteiger partial charge on any atom is 0.248 e. The molecule has 0 bridgehead atoms. The molecule has 0 fully saturated rings. The smallest absolute Gasteiger partial charge is 0.248 e. The molecule has 1 rings (SSSR count). The molecule has 1 aromatic rings. The Kier molecular flexibility index (Phi) is 7.11. The number of benzene rings is 1. The van der Waals surface area contributed by atoms with Gasteiger partial charge in [-0.05, 0) is 23.6 Å². The van der Waals surface area contributed by atoms with Crippen LogP contribution in [0.3, 0.4) is 0 Å². The first-order valence-corrected chi connectivity index (χ1v) is 5.84. The number of rotatable bonds is 5. The normalized spacial score (nSPS) is 11.6. The van der Waals surface area contributed by atoms with E-state index in [9.17, 15) is 9.59 Å². The molecule has 1 aromatic carbocycles. The summed E-state index contributed by atoms with van der Waals surface area (Å²) < 4.78 is 0. The van der Waals surface area contributed by atoms with Crippen LogP contribution in [0.5, 0.6) is 0 Å². The summed E-state index contributed by atoms with van der Waals surface area (Å²) in [7, 11) is 0. The monoisotopic (exact) mass is 285 g/mol. The summed E-state index contributed by atoms with van der Waals surface area (Å²) in [5.74, 6) is -0.543. The van der Waals surface area contributed by atoms with Gasteiger partial charge in [-0.2, -0.15) is 0 Å². The molecule has 0 saturated heterocycles. The van der Waals surface area contributed by atoms with Crippen molar-refractivity contribution in [2.24, 2.45) is 17.4 Å². The third-order valence-electron chi connectivity index (χ3n) is 2.73. The molecule has 5 N–H and O–H groups in total. The number of carbonyl (C=O) groups excluding carboxylic acids is 2. The van der Waals surface area contributed by atoms with Crippen molar-refractivity contribution in [1.82, 2.24) is 5.32 Å². The van der Waals surface area contributed by atoms with E-state index >= 15 is 0 Å². The van der Waals surface area contributed by atoms with Gasteiger partial charge in [0.05, 0.1) is 6.04 Å². The van der Waals surface area contributed by atoms with E-state index in [1.54, 1.807) is 24.3 Å². The highest BCUT2D eigenvalue weighted by Gasteiger charge is 2.16. The first-order valence-electron chi connectivity index (χ1n) is 5.84. The Morgan fingerprint density at radius 2 is 1.74 bits per heavy atom. The van der Waals surface area contributed by atoms with Gasteiger partial charge >= 0.3 is 0 Å². The maximum atomic E-state index is 11.6. The van der Waals surface area contributed by atoms with Crippen LogP contribution in [-0.4, -0.2) is 17.9 Å². The van der Waals surface area contributed by atoms with E-state index < -0.39 is 11.9 Å². The zero-order valence-electron chi connectivity index (χ0n) is 11.1. The van der Waals surface area contributed by atoms with Crippen molar-refractivity contribution in [3.63, 3.8) is 0 Å². The molecule has 6 heteroatoms. The van der Waals surface area contributed by atoms with Gasteiger partial charge in [-0.3, -0.25) is 9.59 Å². The third kappa shape index (κ3) is 5.28. The van der Waals surface area contributed by atoms with Gasteiger partial charge < -0.3 is 16.8 Å². The lowest BCUT2D eigenvalue weighted by molar-refractivity contribution is -0.123. The second-order valence-corrected chi connectivity index (χ2v) is 4.55. The van der Waals surface area contributed by atoms with Gasteiger partial charge in [-0.15, -0.1) is 12.4 Å². The molecule has 0 aliphatic rings. The standard InChI is InChI=1S/C13H19N3O2.ClH/c1-8(2)11(14)13(18)16-7-9-3-5-10(6-4-9)12(15)17;/h3-6,8,11H,7,14H2,1-2H3,(H2,15,17)(H,16,18);1H/t11-;/m0./s1. The Balaban J connectivity index is 0.00000324. The van der Waals surface area contributed by atoms with Crippen LogP contribution in [0.15, 0.2) is 24.3 Å². The summed E-state index contributed by atoms with van der Waals surface area (Å²) in [5, 5.41) is 2.75. The predicted octanol–water partition coefficient (Wildman–Crippen LogP) is 0.807. The van der Waals surface area contributed by atoms with Gasteiger partial charge in [-0.1, -0.05) is 26.0 Å². The molecule has 0 unspecified atom stereocenters. The lowest BCUT2D eigenvalue weighted by atomic mass is 10.0. The SMILES string of the molecule is CC(C)[C@H](N)C(=O)NCc1ccc(C(N)=O)cc1.Cl. The van der Waals surface area contributed by atoms with E-state index in [4.69, 9.17) is 11.5 Å². The van der Waals surface area contributed by atoms with Crippen LogP contribution in [0.4, 0.5) is 0 Å². The Morgan fingerprint density at radius 3 is 2.16 bits per heavy atom. The Labute approximate surface area is 119 Å². The van der Waals surface area contributed by atoms with E-state index in [-0.39, 0.29) is 24.2 Å². The summed E-state index contributed by atoms with van der Waals surface area (Å²) in [6, 6.07) is 6.26. The molecule has 1 atom stereocenters. The molecule has 2 amide bonds. The maximum absolute atomic E-state index is 11.6. The fraction of sp³-hybridized carbons (Fsp3) is 0.385. The zero-order chi connectivity index (χ0) is 13.7. The van der Waals surface area contributed by atoms with Crippen LogP contribution < -0.4 is 16.8 Å². The Hall–Kier alpha value is -1.59. The summed E-state index contributed by atoms with van der Waals surface area (Å²) in [6.07, 6.45) is 0. The molecule has 0 saturated carbocycles. The molecule has 0 spiro atoms. The molecule has 0 radical (unpaired) electrons. The number of hydrogen-bond acceptors (Lipinski definition) is 3. The van der Waals surface area contributed by atoms with Crippen molar-refractivity contribution in [3.8, 4) is 0 Å². The van der Waals surface area contributed by atoms with E-state index in [0.29, 0.717) is 12.1 Å². The molecule has 106 valence electrons. The Morgan fingerprint density at radius 1 is 1.21 bits per heavy atom. The van der Waals surface area contributed by atoms with E-state index in [1.807, 2.05) is 13.8 Å². The van der Waals surface area contributed by atoms with Crippen LogP contribution in [0.25, 0.3) is 0 Å². The minimum atomic E-state index is -0.505. The van der Waals surface area contributed by atoms with E-state index in [2.05, 4.69) is 5.32 Å². The second-order valence-electron chi connectivity index (χ2n) is 4.55. The fourth-order valence-electron chi connectivity index (χ4n) is 1.40. The van der Waals surface area contributed by atoms with Gasteiger partial charge in [0.25, 0.3) is 0 Å². The summed E-state index contributed by atoms with van der Waals surface area (Å²) in [4.78, 5) is 22.5. The average Bonchev–Trinajstić information content (AvgIpc) is 2.35. The molecule has 0 aliphatic heterocycles. The molecular weight excluding hydrogens is 266 g/mol. The van der Waals surface area contributed by atoms with Gasteiger partial charge in [0.15, 0.2) is 0 Å². The van der Waals surface area contributed by atoms with Crippen LogP contribution in [-0.2, 0) is 11.3 Å². The van der Waals surface area contributed by atoms with Gasteiger partial charge in [0.2, 0.25) is 11.8 Å². The van der Waals surface area contributed by atoms with Crippen molar-refractivity contribution >= 4 is 24.2 Å². The molecule has 0 aromatic heterocycles. The second kappa shape index (κ2) is 7.76. The van der Waals surface area contributed by atoms with Crippen molar-refractivity contribution in [2.45, 2.75) is 26.4 Å². The minimum Gasteiger partial charge on any atom is -0.366 e.